The van der Waals surface area contributed by atoms with Crippen molar-refractivity contribution in [2.45, 2.75) is 32.2 Å². The van der Waals surface area contributed by atoms with Crippen LogP contribution in [-0.4, -0.2) is 32.7 Å². The Kier molecular flexibility index (Phi) is 6.07. The van der Waals surface area contributed by atoms with Crippen molar-refractivity contribution >= 4 is 16.9 Å². The third-order valence-electron chi connectivity index (χ3n) is 5.86. The van der Waals surface area contributed by atoms with E-state index in [4.69, 9.17) is 4.74 Å². The van der Waals surface area contributed by atoms with E-state index in [1.165, 1.54) is 7.11 Å². The Labute approximate surface area is 185 Å². The van der Waals surface area contributed by atoms with Gasteiger partial charge in [0.2, 0.25) is 0 Å². The number of pyridine rings is 2. The number of nitrogens with one attached hydrogen (secondary N) is 1. The van der Waals surface area contributed by atoms with Crippen molar-refractivity contribution in [3.05, 3.63) is 93.8 Å². The molecule has 2 N–H and O–H groups in total. The van der Waals surface area contributed by atoms with E-state index in [-0.39, 0.29) is 23.3 Å². The highest BCUT2D eigenvalue weighted by molar-refractivity contribution is 5.83. The number of esters is 1. The number of carbonyl (C=O) groups is 1. The SMILES string of the molecule is COC(=O)CC(c1ccncc1)c1c(O)cc(C)n(CCc2c[nH]c3ccccc23)c1=O. The Morgan fingerprint density at radius 3 is 2.72 bits per heavy atom. The Balaban J connectivity index is 1.73. The average molecular weight is 431 g/mol. The number of fused-ring (bicyclic) bond motifs is 1. The van der Waals surface area contributed by atoms with E-state index >= 15 is 0 Å². The van der Waals surface area contributed by atoms with Gasteiger partial charge in [0.1, 0.15) is 5.75 Å². The number of hydrogen-bond acceptors (Lipinski definition) is 5. The molecule has 0 spiro atoms. The van der Waals surface area contributed by atoms with E-state index in [2.05, 4.69) is 16.0 Å². The van der Waals surface area contributed by atoms with Crippen LogP contribution in [0.2, 0.25) is 0 Å². The molecular weight excluding hydrogens is 406 g/mol. The molecule has 0 saturated carbocycles. The summed E-state index contributed by atoms with van der Waals surface area (Å²) in [6.07, 6.45) is 5.74. The van der Waals surface area contributed by atoms with E-state index < -0.39 is 11.9 Å². The lowest BCUT2D eigenvalue weighted by Gasteiger charge is -2.20. The van der Waals surface area contributed by atoms with Crippen molar-refractivity contribution in [3.8, 4) is 5.75 Å². The van der Waals surface area contributed by atoms with E-state index in [9.17, 15) is 14.7 Å². The maximum absolute atomic E-state index is 13.5. The monoisotopic (exact) mass is 431 g/mol. The maximum Gasteiger partial charge on any atom is 0.306 e. The van der Waals surface area contributed by atoms with Crippen molar-refractivity contribution < 1.29 is 14.6 Å². The molecule has 4 rings (SSSR count). The van der Waals surface area contributed by atoms with Crippen LogP contribution in [-0.2, 0) is 22.5 Å². The molecule has 1 atom stereocenters. The average Bonchev–Trinajstić information content (AvgIpc) is 3.21. The first kappa shape index (κ1) is 21.4. The molecule has 0 aliphatic carbocycles. The molecule has 1 unspecified atom stereocenters. The van der Waals surface area contributed by atoms with Gasteiger partial charge in [-0.3, -0.25) is 14.6 Å². The lowest BCUT2D eigenvalue weighted by Crippen LogP contribution is -2.29. The lowest BCUT2D eigenvalue weighted by atomic mass is 9.89. The van der Waals surface area contributed by atoms with Gasteiger partial charge in [-0.25, -0.2) is 0 Å². The van der Waals surface area contributed by atoms with Crippen LogP contribution in [0.4, 0.5) is 0 Å². The number of carbonyl (C=O) groups excluding carboxylic acids is 1. The summed E-state index contributed by atoms with van der Waals surface area (Å²) < 4.78 is 6.50. The number of aromatic amines is 1. The zero-order chi connectivity index (χ0) is 22.7. The second-order valence-corrected chi connectivity index (χ2v) is 7.76. The van der Waals surface area contributed by atoms with Crippen LogP contribution < -0.4 is 5.56 Å². The summed E-state index contributed by atoms with van der Waals surface area (Å²) in [7, 11) is 1.31. The van der Waals surface area contributed by atoms with Crippen molar-refractivity contribution in [2.75, 3.05) is 7.11 Å². The zero-order valence-corrected chi connectivity index (χ0v) is 18.0. The number of hydrogen-bond donors (Lipinski definition) is 2. The third kappa shape index (κ3) is 4.14. The van der Waals surface area contributed by atoms with Gasteiger partial charge in [-0.05, 0) is 48.7 Å². The lowest BCUT2D eigenvalue weighted by molar-refractivity contribution is -0.140. The molecule has 0 fully saturated rings. The number of para-hydroxylation sites is 1. The topological polar surface area (TPSA) is 97.2 Å². The van der Waals surface area contributed by atoms with E-state index in [0.29, 0.717) is 24.2 Å². The highest BCUT2D eigenvalue weighted by Crippen LogP contribution is 2.32. The molecule has 164 valence electrons. The van der Waals surface area contributed by atoms with Crippen LogP contribution in [0.1, 0.15) is 34.7 Å². The van der Waals surface area contributed by atoms with Gasteiger partial charge < -0.3 is 19.4 Å². The van der Waals surface area contributed by atoms with Crippen LogP contribution in [0.3, 0.4) is 0 Å². The highest BCUT2D eigenvalue weighted by Gasteiger charge is 2.26. The fourth-order valence-corrected chi connectivity index (χ4v) is 4.18. The molecular formula is C25H25N3O4. The normalized spacial score (nSPS) is 12.1. The summed E-state index contributed by atoms with van der Waals surface area (Å²) in [6, 6.07) is 13.1. The van der Waals surface area contributed by atoms with Crippen LogP contribution >= 0.6 is 0 Å². The standard InChI is InChI=1S/C25H25N3O4/c1-16-13-22(29)24(20(14-23(30)32-2)17-7-10-26-11-8-17)25(31)28(16)12-9-18-15-27-21-6-4-3-5-19(18)21/h3-8,10-11,13,15,20,27,29H,9,12,14H2,1-2H3. The van der Waals surface area contributed by atoms with Crippen LogP contribution in [0.5, 0.6) is 5.75 Å². The number of rotatable bonds is 7. The molecule has 32 heavy (non-hydrogen) atoms. The number of methoxy groups -OCH3 is 1. The first-order valence-corrected chi connectivity index (χ1v) is 10.4. The minimum absolute atomic E-state index is 0.0607. The molecule has 0 aliphatic heterocycles. The van der Waals surface area contributed by atoms with Gasteiger partial charge in [0.15, 0.2) is 0 Å². The Morgan fingerprint density at radius 1 is 1.22 bits per heavy atom. The summed E-state index contributed by atoms with van der Waals surface area (Å²) in [5.74, 6) is -1.23. The molecule has 3 aromatic heterocycles. The summed E-state index contributed by atoms with van der Waals surface area (Å²) in [6.45, 7) is 2.24. The molecule has 4 aromatic rings. The smallest absolute Gasteiger partial charge is 0.306 e. The number of aromatic hydroxyl groups is 1. The third-order valence-corrected chi connectivity index (χ3v) is 5.86. The van der Waals surface area contributed by atoms with Crippen LogP contribution in [0, 0.1) is 6.92 Å². The van der Waals surface area contributed by atoms with Crippen molar-refractivity contribution in [3.63, 3.8) is 0 Å². The second kappa shape index (κ2) is 9.09. The van der Waals surface area contributed by atoms with Gasteiger partial charge >= 0.3 is 5.97 Å². The Bertz CT molecular complexity index is 1310. The van der Waals surface area contributed by atoms with Crippen LogP contribution in [0.25, 0.3) is 10.9 Å². The number of aryl methyl sites for hydroxylation is 2. The van der Waals surface area contributed by atoms with E-state index in [0.717, 1.165) is 16.5 Å². The van der Waals surface area contributed by atoms with Crippen molar-refractivity contribution in [1.82, 2.24) is 14.5 Å². The first-order valence-electron chi connectivity index (χ1n) is 10.4. The van der Waals surface area contributed by atoms with E-state index in [1.807, 2.05) is 24.4 Å². The van der Waals surface area contributed by atoms with Gasteiger partial charge in [-0.2, -0.15) is 0 Å². The van der Waals surface area contributed by atoms with Gasteiger partial charge in [0.05, 0.1) is 19.1 Å². The maximum atomic E-state index is 13.5. The van der Waals surface area contributed by atoms with Gasteiger partial charge in [-0.15, -0.1) is 0 Å². The molecule has 0 radical (unpaired) electrons. The molecule has 3 heterocycles. The Morgan fingerprint density at radius 2 is 1.97 bits per heavy atom. The number of benzene rings is 1. The fourth-order valence-electron chi connectivity index (χ4n) is 4.18. The van der Waals surface area contributed by atoms with Crippen LogP contribution in [0.15, 0.2) is 65.8 Å². The predicted octanol–water partition coefficient (Wildman–Crippen LogP) is 3.68. The zero-order valence-electron chi connectivity index (χ0n) is 18.0. The van der Waals surface area contributed by atoms with Crippen molar-refractivity contribution in [2.24, 2.45) is 0 Å². The molecule has 0 saturated heterocycles. The highest BCUT2D eigenvalue weighted by atomic mass is 16.5. The van der Waals surface area contributed by atoms with Gasteiger partial charge in [0.25, 0.3) is 5.56 Å². The number of aromatic nitrogens is 3. The predicted molar refractivity (Wildman–Crippen MR) is 122 cm³/mol. The quantitative estimate of drug-likeness (QED) is 0.435. The minimum Gasteiger partial charge on any atom is -0.507 e. The van der Waals surface area contributed by atoms with Gasteiger partial charge in [-0.1, -0.05) is 18.2 Å². The molecule has 0 aliphatic rings. The summed E-state index contributed by atoms with van der Waals surface area (Å²) in [5.41, 5.74) is 3.40. The summed E-state index contributed by atoms with van der Waals surface area (Å²) >= 11 is 0. The summed E-state index contributed by atoms with van der Waals surface area (Å²) in [5, 5.41) is 11.8. The molecule has 7 nitrogen and oxygen atoms in total. The molecule has 0 amide bonds. The number of H-pyrrole nitrogens is 1. The Hall–Kier alpha value is -3.87. The second-order valence-electron chi connectivity index (χ2n) is 7.76. The molecule has 7 heteroatoms. The minimum atomic E-state index is -0.641. The largest absolute Gasteiger partial charge is 0.507 e. The summed E-state index contributed by atoms with van der Waals surface area (Å²) in [4.78, 5) is 32.9. The molecule has 1 aromatic carbocycles. The number of ether oxygens (including phenoxy) is 1. The number of nitrogens with zero attached hydrogens (tertiary/aromatic N) is 2. The fraction of sp³-hybridized carbons (Fsp3) is 0.240. The first-order chi connectivity index (χ1) is 15.5. The van der Waals surface area contributed by atoms with Gasteiger partial charge in [0, 0.05) is 47.7 Å². The van der Waals surface area contributed by atoms with Crippen molar-refractivity contribution in [1.29, 1.82) is 0 Å². The van der Waals surface area contributed by atoms with E-state index in [1.54, 1.807) is 42.1 Å². The molecule has 0 bridgehead atoms.